The number of aliphatic hydroxyl groups is 1. The summed E-state index contributed by atoms with van der Waals surface area (Å²) in [5, 5.41) is 14.5. The molecule has 1 atom stereocenters. The van der Waals surface area contributed by atoms with E-state index >= 15 is 0 Å². The number of hydrogen-bond acceptors (Lipinski definition) is 2. The minimum atomic E-state index is -0.252. The van der Waals surface area contributed by atoms with Crippen LogP contribution in [0.5, 0.6) is 0 Å². The summed E-state index contributed by atoms with van der Waals surface area (Å²) in [6.45, 7) is 1.23. The van der Waals surface area contributed by atoms with Crippen molar-refractivity contribution in [1.29, 1.82) is 0 Å². The van der Waals surface area contributed by atoms with Gasteiger partial charge in [0.25, 0.3) is 0 Å². The van der Waals surface area contributed by atoms with E-state index < -0.39 is 0 Å². The molecule has 3 aromatic rings. The Labute approximate surface area is 139 Å². The van der Waals surface area contributed by atoms with E-state index in [1.54, 1.807) is 6.07 Å². The molecule has 2 aromatic carbocycles. The van der Waals surface area contributed by atoms with Crippen LogP contribution in [0.2, 0.25) is 5.02 Å². The lowest BCUT2D eigenvalue weighted by atomic mass is 10.00. The molecule has 0 radical (unpaired) electrons. The molecular weight excluding hydrogens is 315 g/mol. The molecule has 0 bridgehead atoms. The van der Waals surface area contributed by atoms with E-state index in [1.165, 1.54) is 12.1 Å². The third-order valence-corrected chi connectivity index (χ3v) is 4.26. The van der Waals surface area contributed by atoms with Gasteiger partial charge >= 0.3 is 0 Å². The van der Waals surface area contributed by atoms with E-state index in [0.717, 1.165) is 22.2 Å². The highest BCUT2D eigenvalue weighted by Gasteiger charge is 2.13. The molecule has 0 saturated carbocycles. The first kappa shape index (κ1) is 16.0. The molecule has 0 aliphatic heterocycles. The SMILES string of the molecule is OC[C@H](CNCc1cc2ccc(F)cc2[nH]1)c1ccccc1Cl. The minimum Gasteiger partial charge on any atom is -0.396 e. The summed E-state index contributed by atoms with van der Waals surface area (Å²) in [5.41, 5.74) is 2.69. The number of rotatable bonds is 6. The molecule has 0 unspecified atom stereocenters. The van der Waals surface area contributed by atoms with Crippen LogP contribution in [0.4, 0.5) is 4.39 Å². The molecule has 1 aromatic heterocycles. The molecule has 0 amide bonds. The Bertz CT molecular complexity index is 803. The molecule has 0 spiro atoms. The lowest BCUT2D eigenvalue weighted by Crippen LogP contribution is -2.23. The smallest absolute Gasteiger partial charge is 0.125 e. The van der Waals surface area contributed by atoms with Gasteiger partial charge in [-0.25, -0.2) is 4.39 Å². The fraction of sp³-hybridized carbons (Fsp3) is 0.222. The normalized spacial score (nSPS) is 12.7. The van der Waals surface area contributed by atoms with Crippen LogP contribution in [0.3, 0.4) is 0 Å². The van der Waals surface area contributed by atoms with Crippen LogP contribution in [-0.2, 0) is 6.54 Å². The van der Waals surface area contributed by atoms with Crippen LogP contribution in [-0.4, -0.2) is 23.2 Å². The standard InChI is InChI=1S/C18H18ClFN2O/c19-17-4-2-1-3-16(17)13(11-23)9-21-10-15-7-12-5-6-14(20)8-18(12)22-15/h1-8,13,21-23H,9-11H2/t13-/m0/s1. The first-order valence-electron chi connectivity index (χ1n) is 7.50. The Kier molecular flexibility index (Phi) is 4.96. The van der Waals surface area contributed by atoms with Gasteiger partial charge in [0, 0.05) is 35.2 Å². The summed E-state index contributed by atoms with van der Waals surface area (Å²) >= 11 is 6.18. The molecule has 0 aliphatic carbocycles. The average Bonchev–Trinajstić information content (AvgIpc) is 2.94. The third-order valence-electron chi connectivity index (χ3n) is 3.91. The summed E-state index contributed by atoms with van der Waals surface area (Å²) in [6, 6.07) is 14.2. The number of aromatic nitrogens is 1. The Balaban J connectivity index is 1.64. The van der Waals surface area contributed by atoms with Gasteiger partial charge in [0.05, 0.1) is 6.61 Å². The second kappa shape index (κ2) is 7.13. The van der Waals surface area contributed by atoms with Crippen LogP contribution in [0.25, 0.3) is 10.9 Å². The zero-order valence-corrected chi connectivity index (χ0v) is 13.3. The van der Waals surface area contributed by atoms with Crippen LogP contribution >= 0.6 is 11.6 Å². The molecule has 1 heterocycles. The zero-order chi connectivity index (χ0) is 16.2. The topological polar surface area (TPSA) is 48.0 Å². The molecule has 3 N–H and O–H groups in total. The number of hydrogen-bond donors (Lipinski definition) is 3. The van der Waals surface area contributed by atoms with E-state index in [0.29, 0.717) is 18.1 Å². The Morgan fingerprint density at radius 2 is 2.00 bits per heavy atom. The molecule has 0 aliphatic rings. The number of halogens is 2. The molecule has 3 nitrogen and oxygen atoms in total. The monoisotopic (exact) mass is 332 g/mol. The van der Waals surface area contributed by atoms with Crippen molar-refractivity contribution in [1.82, 2.24) is 10.3 Å². The number of fused-ring (bicyclic) bond motifs is 1. The first-order valence-corrected chi connectivity index (χ1v) is 7.88. The predicted octanol–water partition coefficient (Wildman–Crippen LogP) is 3.83. The fourth-order valence-electron chi connectivity index (χ4n) is 2.71. The quantitative estimate of drug-likeness (QED) is 0.642. The van der Waals surface area contributed by atoms with Crippen molar-refractivity contribution in [3.63, 3.8) is 0 Å². The van der Waals surface area contributed by atoms with Gasteiger partial charge < -0.3 is 15.4 Å². The lowest BCUT2D eigenvalue weighted by molar-refractivity contribution is 0.261. The average molecular weight is 333 g/mol. The van der Waals surface area contributed by atoms with Gasteiger partial charge in [-0.1, -0.05) is 29.8 Å². The number of nitrogens with one attached hydrogen (secondary N) is 2. The molecule has 0 saturated heterocycles. The van der Waals surface area contributed by atoms with E-state index in [1.807, 2.05) is 30.3 Å². The maximum atomic E-state index is 13.2. The minimum absolute atomic E-state index is 0.0225. The maximum Gasteiger partial charge on any atom is 0.125 e. The Morgan fingerprint density at radius 1 is 1.17 bits per heavy atom. The molecular formula is C18H18ClFN2O. The summed E-state index contributed by atoms with van der Waals surface area (Å²) < 4.78 is 13.2. The maximum absolute atomic E-state index is 13.2. The van der Waals surface area contributed by atoms with Crippen molar-refractivity contribution in [3.8, 4) is 0 Å². The second-order valence-electron chi connectivity index (χ2n) is 5.56. The van der Waals surface area contributed by atoms with Crippen molar-refractivity contribution in [2.24, 2.45) is 0 Å². The summed E-state index contributed by atoms with van der Waals surface area (Å²) in [6.07, 6.45) is 0. The van der Waals surface area contributed by atoms with Crippen molar-refractivity contribution < 1.29 is 9.50 Å². The highest BCUT2D eigenvalue weighted by atomic mass is 35.5. The van der Waals surface area contributed by atoms with Gasteiger partial charge in [-0.15, -0.1) is 0 Å². The highest BCUT2D eigenvalue weighted by molar-refractivity contribution is 6.31. The molecule has 3 rings (SSSR count). The fourth-order valence-corrected chi connectivity index (χ4v) is 3.00. The molecule has 5 heteroatoms. The van der Waals surface area contributed by atoms with Gasteiger partial charge in [0.1, 0.15) is 5.82 Å². The highest BCUT2D eigenvalue weighted by Crippen LogP contribution is 2.23. The first-order chi connectivity index (χ1) is 11.2. The van der Waals surface area contributed by atoms with Crippen LogP contribution in [0.1, 0.15) is 17.2 Å². The van der Waals surface area contributed by atoms with Crippen molar-refractivity contribution in [3.05, 3.63) is 70.6 Å². The largest absolute Gasteiger partial charge is 0.396 e. The third kappa shape index (κ3) is 3.72. The zero-order valence-electron chi connectivity index (χ0n) is 12.5. The molecule has 120 valence electrons. The van der Waals surface area contributed by atoms with Gasteiger partial charge in [0.15, 0.2) is 0 Å². The summed E-state index contributed by atoms with van der Waals surface area (Å²) in [4.78, 5) is 3.19. The Hall–Kier alpha value is -1.88. The van der Waals surface area contributed by atoms with E-state index in [-0.39, 0.29) is 18.3 Å². The van der Waals surface area contributed by atoms with Crippen molar-refractivity contribution in [2.45, 2.75) is 12.5 Å². The predicted molar refractivity (Wildman–Crippen MR) is 91.2 cm³/mol. The van der Waals surface area contributed by atoms with Gasteiger partial charge in [-0.3, -0.25) is 0 Å². The van der Waals surface area contributed by atoms with Gasteiger partial charge in [-0.2, -0.15) is 0 Å². The van der Waals surface area contributed by atoms with Crippen LogP contribution in [0.15, 0.2) is 48.5 Å². The van der Waals surface area contributed by atoms with Crippen molar-refractivity contribution in [2.75, 3.05) is 13.2 Å². The number of aromatic amines is 1. The second-order valence-corrected chi connectivity index (χ2v) is 5.97. The number of benzene rings is 2. The number of aliphatic hydroxyl groups excluding tert-OH is 1. The van der Waals surface area contributed by atoms with Crippen LogP contribution < -0.4 is 5.32 Å². The van der Waals surface area contributed by atoms with E-state index in [2.05, 4.69) is 10.3 Å². The molecule has 0 fully saturated rings. The summed E-state index contributed by atoms with van der Waals surface area (Å²) in [7, 11) is 0. The number of H-pyrrole nitrogens is 1. The van der Waals surface area contributed by atoms with E-state index in [4.69, 9.17) is 11.6 Å². The Morgan fingerprint density at radius 3 is 2.78 bits per heavy atom. The van der Waals surface area contributed by atoms with Gasteiger partial charge in [-0.05, 0) is 41.3 Å². The lowest BCUT2D eigenvalue weighted by Gasteiger charge is -2.16. The van der Waals surface area contributed by atoms with E-state index in [9.17, 15) is 9.50 Å². The van der Waals surface area contributed by atoms with Gasteiger partial charge in [0.2, 0.25) is 0 Å². The summed E-state index contributed by atoms with van der Waals surface area (Å²) in [5.74, 6) is -0.316. The van der Waals surface area contributed by atoms with Crippen molar-refractivity contribution >= 4 is 22.5 Å². The molecule has 23 heavy (non-hydrogen) atoms. The van der Waals surface area contributed by atoms with Crippen LogP contribution in [0, 0.1) is 5.82 Å².